The van der Waals surface area contributed by atoms with Crippen LogP contribution in [0, 0.1) is 0 Å². The molecule has 2 N–H and O–H groups in total. The lowest BCUT2D eigenvalue weighted by atomic mass is 10.4. The first-order valence-electron chi connectivity index (χ1n) is 24.1. The van der Waals surface area contributed by atoms with Crippen molar-refractivity contribution in [3.8, 4) is 0 Å². The number of esters is 2. The second kappa shape index (κ2) is 26.7. The lowest BCUT2D eigenvalue weighted by Gasteiger charge is -2.45. The molecule has 0 radical (unpaired) electrons. The van der Waals surface area contributed by atoms with Crippen LogP contribution in [0.1, 0.15) is 26.7 Å². The van der Waals surface area contributed by atoms with Gasteiger partial charge in [0, 0.05) is 13.1 Å². The van der Waals surface area contributed by atoms with Gasteiger partial charge in [-0.15, -0.1) is 0 Å². The van der Waals surface area contributed by atoms with E-state index in [0.717, 1.165) is 12.1 Å². The van der Waals surface area contributed by atoms with Crippen molar-refractivity contribution in [1.82, 2.24) is 10.6 Å². The van der Waals surface area contributed by atoms with E-state index >= 15 is 0 Å². The average molecular weight is 1190 g/mol. The summed E-state index contributed by atoms with van der Waals surface area (Å²) < 4.78 is 84.3. The van der Waals surface area contributed by atoms with Crippen LogP contribution >= 0.6 is 0 Å². The van der Waals surface area contributed by atoms with Crippen molar-refractivity contribution in [3.05, 3.63) is 0 Å². The highest BCUT2D eigenvalue weighted by Gasteiger charge is 2.51. The van der Waals surface area contributed by atoms with Crippen molar-refractivity contribution < 1.29 is 73.9 Å². The van der Waals surface area contributed by atoms with Gasteiger partial charge in [-0.25, -0.2) is 9.59 Å². The summed E-state index contributed by atoms with van der Waals surface area (Å²) in [4.78, 5) is 47.1. The Morgan fingerprint density at radius 2 is 0.478 bits per heavy atom. The second-order valence-electron chi connectivity index (χ2n) is 22.8. The third-order valence-electron chi connectivity index (χ3n) is 8.87. The maximum Gasteiger partial charge on any atom is 0.396 e. The topological polar surface area (TPSA) is 212 Å². The standard InChI is InChI=1S/C38H96N2O17Si12/c1-27-45-37(43)35(41)39-31-29-33-58(3,4)47-60(7,8)49-62(11,12)51-64(15,16)53-66(19,20)55-68(23,24)57-69(25,26)56-67(21,22)54-65(17,18)52-63(13,14)50-61(9,10)48-59(5,6)34-30-32-40-36(42)38(44)46-28-2/h27-34H2,1-26H3,(H,39,41)(H,40,42). The number of ether oxygens (including phenoxy) is 2. The fraction of sp³-hybridized carbons (Fsp3) is 0.895. The third-order valence-corrected chi connectivity index (χ3v) is 55.7. The molecule has 0 aromatic carbocycles. The maximum atomic E-state index is 11.9. The molecule has 0 aromatic rings. The van der Waals surface area contributed by atoms with Gasteiger partial charge in [-0.1, -0.05) is 0 Å². The summed E-state index contributed by atoms with van der Waals surface area (Å²) in [5.41, 5.74) is 0. The molecule has 19 nitrogen and oxygen atoms in total. The smallest absolute Gasteiger partial charge is 0.396 e. The predicted octanol–water partition coefficient (Wildman–Crippen LogP) is 8.74. The van der Waals surface area contributed by atoms with Crippen LogP contribution in [0.4, 0.5) is 0 Å². The van der Waals surface area contributed by atoms with E-state index in [1.54, 1.807) is 13.8 Å². The zero-order valence-corrected chi connectivity index (χ0v) is 59.6. The molecule has 0 bridgehead atoms. The van der Waals surface area contributed by atoms with Crippen LogP contribution in [0.5, 0.6) is 0 Å². The van der Waals surface area contributed by atoms with Crippen molar-refractivity contribution in [2.24, 2.45) is 0 Å². The summed E-state index contributed by atoms with van der Waals surface area (Å²) in [6.07, 6.45) is 1.34. The number of carbonyl (C=O) groups is 4. The summed E-state index contributed by atoms with van der Waals surface area (Å²) in [5, 5.41) is 5.25. The number of hydrogen-bond donors (Lipinski definition) is 2. The van der Waals surface area contributed by atoms with Crippen LogP contribution in [-0.2, 0) is 73.9 Å². The van der Waals surface area contributed by atoms with Gasteiger partial charge in [0.1, 0.15) is 0 Å². The number of carbonyl (C=O) groups excluding carboxylic acids is 4. The van der Waals surface area contributed by atoms with Crippen LogP contribution in [-0.4, -0.2) is 152 Å². The van der Waals surface area contributed by atoms with E-state index in [4.69, 9.17) is 54.7 Å². The number of rotatable bonds is 32. The SMILES string of the molecule is CCOC(=O)C(=O)NCCC[Si](C)(C)O[Si](C)(C)O[Si](C)(C)O[Si](C)(C)O[Si](C)(C)O[Si](C)(C)O[Si](C)(C)O[Si](C)(C)O[Si](C)(C)O[Si](C)(C)O[Si](C)(C)O[Si](C)(C)CCCNC(=O)C(=O)OCC. The largest absolute Gasteiger partial charge is 0.459 e. The molecule has 0 aromatic heterocycles. The average Bonchev–Trinajstić information content (AvgIpc) is 3.02. The summed E-state index contributed by atoms with van der Waals surface area (Å²) >= 11 is 0. The monoisotopic (exact) mass is 1190 g/mol. The van der Waals surface area contributed by atoms with Gasteiger partial charge in [0.25, 0.3) is 0 Å². The second-order valence-corrected chi connectivity index (χ2v) is 67.8. The van der Waals surface area contributed by atoms with E-state index in [2.05, 4.69) is 36.8 Å². The third kappa shape index (κ3) is 32.2. The molecule has 0 aliphatic carbocycles. The summed E-state index contributed by atoms with van der Waals surface area (Å²) in [7, 11) is -32.2. The van der Waals surface area contributed by atoms with E-state index in [1.807, 2.05) is 131 Å². The van der Waals surface area contributed by atoms with Gasteiger partial charge in [-0.3, -0.25) is 9.59 Å². The van der Waals surface area contributed by atoms with Crippen LogP contribution in [0.25, 0.3) is 0 Å². The molecule has 0 saturated carbocycles. The molecule has 408 valence electrons. The lowest BCUT2D eigenvalue weighted by molar-refractivity contribution is -0.154. The van der Waals surface area contributed by atoms with Crippen molar-refractivity contribution in [3.63, 3.8) is 0 Å². The minimum absolute atomic E-state index is 0.151. The first-order chi connectivity index (χ1) is 30.5. The zero-order valence-electron chi connectivity index (χ0n) is 47.6. The number of amides is 2. The number of nitrogens with one attached hydrogen (secondary N) is 2. The highest BCUT2D eigenvalue weighted by atomic mass is 28.5. The fourth-order valence-corrected chi connectivity index (χ4v) is 70.5. The molecule has 31 heteroatoms. The summed E-state index contributed by atoms with van der Waals surface area (Å²) in [5.74, 6) is -3.21. The minimum Gasteiger partial charge on any atom is -0.459 e. The van der Waals surface area contributed by atoms with Crippen molar-refractivity contribution in [1.29, 1.82) is 0 Å². The molecule has 0 saturated heterocycles. The van der Waals surface area contributed by atoms with Gasteiger partial charge in [0.2, 0.25) is 0 Å². The minimum atomic E-state index is -2.84. The molecule has 0 rings (SSSR count). The molecule has 0 fully saturated rings. The van der Waals surface area contributed by atoms with Crippen LogP contribution in [0.15, 0.2) is 0 Å². The van der Waals surface area contributed by atoms with E-state index < -0.39 is 126 Å². The zero-order chi connectivity index (χ0) is 54.6. The fourth-order valence-electron chi connectivity index (χ4n) is 8.94. The number of hydrogen-bond acceptors (Lipinski definition) is 17. The predicted molar refractivity (Wildman–Crippen MR) is 300 cm³/mol. The molecule has 2 amide bonds. The molecule has 0 aliphatic rings. The Labute approximate surface area is 430 Å². The molecule has 0 aliphatic heterocycles. The molecule has 0 spiro atoms. The Bertz CT molecular complexity index is 1570. The maximum absolute atomic E-state index is 11.9. The van der Waals surface area contributed by atoms with Gasteiger partial charge in [0.05, 0.1) is 13.2 Å². The van der Waals surface area contributed by atoms with Gasteiger partial charge in [-0.05, 0) is 196 Å². The van der Waals surface area contributed by atoms with Crippen LogP contribution in [0.2, 0.25) is 169 Å². The molecule has 0 heterocycles. The van der Waals surface area contributed by atoms with E-state index in [1.165, 1.54) is 0 Å². The summed E-state index contributed by atoms with van der Waals surface area (Å²) in [6.45, 7) is 53.4. The highest BCUT2D eigenvalue weighted by molar-refractivity contribution is 6.94. The van der Waals surface area contributed by atoms with Crippen LogP contribution < -0.4 is 10.6 Å². The normalized spacial score (nSPS) is 14.4. The Kier molecular flexibility index (Phi) is 26.7. The molecular weight excluding hydrogens is 1090 g/mol. The van der Waals surface area contributed by atoms with E-state index in [0.29, 0.717) is 25.9 Å². The van der Waals surface area contributed by atoms with Crippen molar-refractivity contribution in [2.75, 3.05) is 26.3 Å². The Morgan fingerprint density at radius 3 is 0.652 bits per heavy atom. The Morgan fingerprint density at radius 1 is 0.304 bits per heavy atom. The van der Waals surface area contributed by atoms with E-state index in [9.17, 15) is 19.2 Å². The lowest BCUT2D eigenvalue weighted by Crippen LogP contribution is -2.62. The first kappa shape index (κ1) is 69.0. The van der Waals surface area contributed by atoms with Crippen LogP contribution in [0.3, 0.4) is 0 Å². The first-order valence-corrected chi connectivity index (χ1v) is 58.5. The molecule has 69 heavy (non-hydrogen) atoms. The molecule has 0 unspecified atom stereocenters. The molecular formula is C38H96N2O17Si12. The Hall–Kier alpha value is 0.0426. The van der Waals surface area contributed by atoms with E-state index in [-0.39, 0.29) is 13.2 Å². The Balaban J connectivity index is 5.48. The van der Waals surface area contributed by atoms with Crippen molar-refractivity contribution in [2.45, 2.75) is 196 Å². The quantitative estimate of drug-likeness (QED) is 0.0279. The van der Waals surface area contributed by atoms with Crippen molar-refractivity contribution >= 4 is 126 Å². The van der Waals surface area contributed by atoms with Gasteiger partial charge in [0.15, 0.2) is 16.6 Å². The summed E-state index contributed by atoms with van der Waals surface area (Å²) in [6, 6.07) is 1.55. The van der Waals surface area contributed by atoms with Gasteiger partial charge in [-0.2, -0.15) is 0 Å². The van der Waals surface area contributed by atoms with Gasteiger partial charge >= 0.3 is 109 Å². The highest BCUT2D eigenvalue weighted by Crippen LogP contribution is 2.32. The van der Waals surface area contributed by atoms with Gasteiger partial charge < -0.3 is 65.4 Å². The molecule has 0 atom stereocenters.